The lowest BCUT2D eigenvalue weighted by atomic mass is 10.2. The predicted molar refractivity (Wildman–Crippen MR) is 80.7 cm³/mol. The van der Waals surface area contributed by atoms with Gasteiger partial charge in [0.15, 0.2) is 0 Å². The third-order valence-electron chi connectivity index (χ3n) is 2.28. The molecule has 0 aliphatic heterocycles. The molecule has 0 unspecified atom stereocenters. The largest absolute Gasteiger partial charge is 0.321 e. The number of amides is 1. The van der Waals surface area contributed by atoms with Gasteiger partial charge in [-0.05, 0) is 46.3 Å². The number of halogens is 1. The van der Waals surface area contributed by atoms with Crippen molar-refractivity contribution in [2.24, 2.45) is 0 Å². The smallest absolute Gasteiger partial charge is 0.266 e. The first kappa shape index (κ1) is 13.5. The van der Waals surface area contributed by atoms with E-state index in [2.05, 4.69) is 21.2 Å². The SMILES string of the molecule is N#CC(=Cc1ccc(Br)s1)C(=O)Nc1ccccc1. The molecule has 0 atom stereocenters. The van der Waals surface area contributed by atoms with Gasteiger partial charge in [-0.1, -0.05) is 18.2 Å². The molecular weight excluding hydrogens is 324 g/mol. The highest BCUT2D eigenvalue weighted by molar-refractivity contribution is 9.11. The van der Waals surface area contributed by atoms with E-state index < -0.39 is 5.91 Å². The van der Waals surface area contributed by atoms with Crippen LogP contribution in [0, 0.1) is 11.3 Å². The van der Waals surface area contributed by atoms with Crippen LogP contribution in [-0.2, 0) is 4.79 Å². The molecule has 0 aliphatic carbocycles. The second-order valence-electron chi connectivity index (χ2n) is 3.63. The predicted octanol–water partition coefficient (Wildman–Crippen LogP) is 4.06. The number of para-hydroxylation sites is 1. The molecule has 1 N–H and O–H groups in total. The number of rotatable bonds is 3. The lowest BCUT2D eigenvalue weighted by Gasteiger charge is -2.02. The van der Waals surface area contributed by atoms with Gasteiger partial charge < -0.3 is 5.32 Å². The molecule has 5 heteroatoms. The van der Waals surface area contributed by atoms with Crippen LogP contribution >= 0.6 is 27.3 Å². The summed E-state index contributed by atoms with van der Waals surface area (Å²) in [5.74, 6) is -0.404. The third-order valence-corrected chi connectivity index (χ3v) is 3.85. The van der Waals surface area contributed by atoms with Crippen molar-refractivity contribution >= 4 is 44.9 Å². The van der Waals surface area contributed by atoms with Crippen LogP contribution in [0.3, 0.4) is 0 Å². The third kappa shape index (κ3) is 3.78. The highest BCUT2D eigenvalue weighted by Crippen LogP contribution is 2.24. The van der Waals surface area contributed by atoms with E-state index in [-0.39, 0.29) is 5.57 Å². The van der Waals surface area contributed by atoms with Crippen molar-refractivity contribution in [1.82, 2.24) is 0 Å². The molecule has 19 heavy (non-hydrogen) atoms. The minimum Gasteiger partial charge on any atom is -0.321 e. The summed E-state index contributed by atoms with van der Waals surface area (Å²) in [7, 11) is 0. The molecule has 1 heterocycles. The molecule has 0 aliphatic rings. The van der Waals surface area contributed by atoms with Crippen molar-refractivity contribution < 1.29 is 4.79 Å². The Kier molecular flexibility index (Phi) is 4.50. The Bertz CT molecular complexity index is 656. The molecule has 0 spiro atoms. The molecule has 0 radical (unpaired) electrons. The van der Waals surface area contributed by atoms with E-state index in [9.17, 15) is 4.79 Å². The molecule has 94 valence electrons. The fourth-order valence-electron chi connectivity index (χ4n) is 1.42. The number of nitriles is 1. The van der Waals surface area contributed by atoms with Crippen LogP contribution in [0.5, 0.6) is 0 Å². The highest BCUT2D eigenvalue weighted by atomic mass is 79.9. The Morgan fingerprint density at radius 2 is 2.00 bits per heavy atom. The molecule has 3 nitrogen and oxygen atoms in total. The molecule has 0 saturated carbocycles. The number of anilines is 1. The number of benzene rings is 1. The van der Waals surface area contributed by atoms with E-state index in [0.717, 1.165) is 8.66 Å². The quantitative estimate of drug-likeness (QED) is 0.680. The maximum atomic E-state index is 11.9. The van der Waals surface area contributed by atoms with Crippen LogP contribution in [0.15, 0.2) is 51.8 Å². The number of nitrogens with one attached hydrogen (secondary N) is 1. The van der Waals surface area contributed by atoms with Gasteiger partial charge in [0.25, 0.3) is 5.91 Å². The summed E-state index contributed by atoms with van der Waals surface area (Å²) in [5, 5.41) is 11.7. The number of hydrogen-bond donors (Lipinski definition) is 1. The van der Waals surface area contributed by atoms with Crippen molar-refractivity contribution in [3.8, 4) is 6.07 Å². The van der Waals surface area contributed by atoms with Gasteiger partial charge in [0.1, 0.15) is 11.6 Å². The molecule has 1 amide bonds. The number of hydrogen-bond acceptors (Lipinski definition) is 3. The van der Waals surface area contributed by atoms with Gasteiger partial charge in [0, 0.05) is 10.6 Å². The Morgan fingerprint density at radius 3 is 2.58 bits per heavy atom. The summed E-state index contributed by atoms with van der Waals surface area (Å²) in [5.41, 5.74) is 0.749. The van der Waals surface area contributed by atoms with Gasteiger partial charge in [-0.15, -0.1) is 11.3 Å². The first-order chi connectivity index (χ1) is 9.19. The maximum absolute atomic E-state index is 11.9. The standard InChI is InChI=1S/C14H9BrN2OS/c15-13-7-6-12(19-13)8-10(9-16)14(18)17-11-4-2-1-3-5-11/h1-8H,(H,17,18). The molecule has 1 aromatic heterocycles. The second-order valence-corrected chi connectivity index (χ2v) is 6.13. The van der Waals surface area contributed by atoms with E-state index in [0.29, 0.717) is 5.69 Å². The minimum absolute atomic E-state index is 0.0817. The van der Waals surface area contributed by atoms with Crippen LogP contribution in [0.25, 0.3) is 6.08 Å². The van der Waals surface area contributed by atoms with Gasteiger partial charge in [0.2, 0.25) is 0 Å². The normalized spacial score (nSPS) is 10.8. The molecule has 2 aromatic rings. The van der Waals surface area contributed by atoms with Gasteiger partial charge in [-0.3, -0.25) is 4.79 Å². The van der Waals surface area contributed by atoms with Gasteiger partial charge >= 0.3 is 0 Å². The fourth-order valence-corrected chi connectivity index (χ4v) is 2.78. The van der Waals surface area contributed by atoms with E-state index in [1.165, 1.54) is 11.3 Å². The average Bonchev–Trinajstić information content (AvgIpc) is 2.82. The van der Waals surface area contributed by atoms with Crippen LogP contribution in [0.4, 0.5) is 5.69 Å². The van der Waals surface area contributed by atoms with Crippen molar-refractivity contribution in [3.63, 3.8) is 0 Å². The van der Waals surface area contributed by atoms with E-state index in [4.69, 9.17) is 5.26 Å². The lowest BCUT2D eigenvalue weighted by Crippen LogP contribution is -2.13. The molecular formula is C14H9BrN2OS. The van der Waals surface area contributed by atoms with Gasteiger partial charge in [-0.25, -0.2) is 0 Å². The summed E-state index contributed by atoms with van der Waals surface area (Å²) in [4.78, 5) is 12.8. The van der Waals surface area contributed by atoms with Crippen LogP contribution < -0.4 is 5.32 Å². The Hall–Kier alpha value is -1.90. The molecule has 1 aromatic carbocycles. The zero-order chi connectivity index (χ0) is 13.7. The summed E-state index contributed by atoms with van der Waals surface area (Å²) in [6.45, 7) is 0. The summed E-state index contributed by atoms with van der Waals surface area (Å²) in [6.07, 6.45) is 1.58. The number of thiophene rings is 1. The maximum Gasteiger partial charge on any atom is 0.266 e. The van der Waals surface area contributed by atoms with Crippen LogP contribution in [-0.4, -0.2) is 5.91 Å². The monoisotopic (exact) mass is 332 g/mol. The van der Waals surface area contributed by atoms with Crippen molar-refractivity contribution in [3.05, 3.63) is 56.7 Å². The zero-order valence-corrected chi connectivity index (χ0v) is 12.2. The summed E-state index contributed by atoms with van der Waals surface area (Å²) >= 11 is 4.80. The summed E-state index contributed by atoms with van der Waals surface area (Å²) in [6, 6.07) is 14.7. The van der Waals surface area contributed by atoms with Crippen LogP contribution in [0.1, 0.15) is 4.88 Å². The minimum atomic E-state index is -0.404. The fraction of sp³-hybridized carbons (Fsp3) is 0. The topological polar surface area (TPSA) is 52.9 Å². The van der Waals surface area contributed by atoms with E-state index >= 15 is 0 Å². The first-order valence-electron chi connectivity index (χ1n) is 5.42. The molecule has 0 saturated heterocycles. The molecule has 0 fully saturated rings. The second kappa shape index (κ2) is 6.32. The first-order valence-corrected chi connectivity index (χ1v) is 7.03. The summed E-state index contributed by atoms with van der Waals surface area (Å²) < 4.78 is 0.958. The molecule has 0 bridgehead atoms. The Morgan fingerprint density at radius 1 is 1.26 bits per heavy atom. The van der Waals surface area contributed by atoms with Crippen LogP contribution in [0.2, 0.25) is 0 Å². The van der Waals surface area contributed by atoms with E-state index in [1.807, 2.05) is 36.4 Å². The highest BCUT2D eigenvalue weighted by Gasteiger charge is 2.09. The molecule has 2 rings (SSSR count). The number of carbonyl (C=O) groups excluding carboxylic acids is 1. The van der Waals surface area contributed by atoms with Crippen molar-refractivity contribution in [2.75, 3.05) is 5.32 Å². The lowest BCUT2D eigenvalue weighted by molar-refractivity contribution is -0.112. The Labute approximate surface area is 123 Å². The van der Waals surface area contributed by atoms with Gasteiger partial charge in [0.05, 0.1) is 3.79 Å². The van der Waals surface area contributed by atoms with E-state index in [1.54, 1.807) is 18.2 Å². The zero-order valence-electron chi connectivity index (χ0n) is 9.76. The number of carbonyl (C=O) groups is 1. The number of nitrogens with zero attached hydrogens (tertiary/aromatic N) is 1. The Balaban J connectivity index is 2.16. The van der Waals surface area contributed by atoms with Crippen molar-refractivity contribution in [1.29, 1.82) is 5.26 Å². The van der Waals surface area contributed by atoms with Gasteiger partial charge in [-0.2, -0.15) is 5.26 Å². The average molecular weight is 333 g/mol. The van der Waals surface area contributed by atoms with Crippen molar-refractivity contribution in [2.45, 2.75) is 0 Å².